The van der Waals surface area contributed by atoms with E-state index in [0.717, 1.165) is 37.2 Å². The fraction of sp³-hybridized carbons (Fsp3) is 0.667. The summed E-state index contributed by atoms with van der Waals surface area (Å²) in [6, 6.07) is 6.44. The van der Waals surface area contributed by atoms with Gasteiger partial charge < -0.3 is 9.84 Å². The van der Waals surface area contributed by atoms with Crippen molar-refractivity contribution in [1.29, 1.82) is 0 Å². The van der Waals surface area contributed by atoms with Crippen LogP contribution in [-0.2, 0) is 10.3 Å². The second-order valence-corrected chi connectivity index (χ2v) is 8.15. The lowest BCUT2D eigenvalue weighted by atomic mass is 9.73. The zero-order chi connectivity index (χ0) is 15.1. The summed E-state index contributed by atoms with van der Waals surface area (Å²) in [5.41, 5.74) is 2.77. The molecule has 2 aliphatic rings. The smallest absolute Gasteiger partial charge is 0.0898 e. The predicted octanol–water partition coefficient (Wildman–Crippen LogP) is 3.81. The van der Waals surface area contributed by atoms with E-state index in [9.17, 15) is 5.11 Å². The maximum absolute atomic E-state index is 11.2. The molecule has 116 valence electrons. The lowest BCUT2D eigenvalue weighted by molar-refractivity contribution is -0.129. The van der Waals surface area contributed by atoms with Crippen LogP contribution in [0.4, 0.5) is 0 Å². The van der Waals surface area contributed by atoms with Gasteiger partial charge in [0.2, 0.25) is 0 Å². The summed E-state index contributed by atoms with van der Waals surface area (Å²) < 4.78 is 6.10. The van der Waals surface area contributed by atoms with Gasteiger partial charge in [0.05, 0.1) is 11.2 Å². The number of benzene rings is 1. The standard InChI is InChI=1S/C18H26O2S/c1-13-8-14(2)10-16(9-13)17(3,19)15-4-6-20-18(11-15)5-7-21-12-18/h8-10,15,19H,4-7,11-12H2,1-3H3. The van der Waals surface area contributed by atoms with Gasteiger partial charge >= 0.3 is 0 Å². The van der Waals surface area contributed by atoms with Gasteiger partial charge in [-0.15, -0.1) is 0 Å². The molecule has 0 saturated carbocycles. The van der Waals surface area contributed by atoms with E-state index in [1.807, 2.05) is 18.7 Å². The van der Waals surface area contributed by atoms with Crippen molar-refractivity contribution in [3.63, 3.8) is 0 Å². The zero-order valence-corrected chi connectivity index (χ0v) is 14.1. The zero-order valence-electron chi connectivity index (χ0n) is 13.3. The number of aryl methyl sites for hydroxylation is 2. The Labute approximate surface area is 132 Å². The number of aliphatic hydroxyl groups is 1. The van der Waals surface area contributed by atoms with E-state index in [1.165, 1.54) is 16.9 Å². The topological polar surface area (TPSA) is 29.5 Å². The van der Waals surface area contributed by atoms with E-state index in [4.69, 9.17) is 4.74 Å². The molecule has 1 spiro atoms. The first-order valence-electron chi connectivity index (χ1n) is 7.94. The van der Waals surface area contributed by atoms with Crippen molar-refractivity contribution in [2.45, 2.75) is 51.2 Å². The third-order valence-electron chi connectivity index (χ3n) is 5.16. The largest absolute Gasteiger partial charge is 0.385 e. The summed E-state index contributed by atoms with van der Waals surface area (Å²) in [4.78, 5) is 0. The van der Waals surface area contributed by atoms with Gasteiger partial charge in [0, 0.05) is 12.4 Å². The molecule has 2 nitrogen and oxygen atoms in total. The fourth-order valence-corrected chi connectivity index (χ4v) is 5.25. The van der Waals surface area contributed by atoms with E-state index in [0.29, 0.717) is 0 Å². The maximum atomic E-state index is 11.2. The van der Waals surface area contributed by atoms with Crippen molar-refractivity contribution in [3.8, 4) is 0 Å². The Balaban J connectivity index is 1.86. The van der Waals surface area contributed by atoms with Crippen molar-refractivity contribution in [2.24, 2.45) is 5.92 Å². The third-order valence-corrected chi connectivity index (χ3v) is 6.38. The number of rotatable bonds is 2. The van der Waals surface area contributed by atoms with E-state index in [-0.39, 0.29) is 11.5 Å². The SMILES string of the molecule is Cc1cc(C)cc(C(C)(O)C2CCOC3(CCSC3)C2)c1. The Morgan fingerprint density at radius 2 is 2.00 bits per heavy atom. The second-order valence-electron chi connectivity index (χ2n) is 7.05. The van der Waals surface area contributed by atoms with Gasteiger partial charge in [-0.1, -0.05) is 29.3 Å². The van der Waals surface area contributed by atoms with E-state index >= 15 is 0 Å². The molecular weight excluding hydrogens is 280 g/mol. The number of ether oxygens (including phenoxy) is 1. The predicted molar refractivity (Wildman–Crippen MR) is 88.8 cm³/mol. The number of hydrogen-bond acceptors (Lipinski definition) is 3. The molecule has 2 aliphatic heterocycles. The Kier molecular flexibility index (Phi) is 4.10. The van der Waals surface area contributed by atoms with Crippen LogP contribution >= 0.6 is 11.8 Å². The van der Waals surface area contributed by atoms with Gasteiger partial charge in [-0.05, 0) is 57.3 Å². The van der Waals surface area contributed by atoms with Crippen LogP contribution in [0.3, 0.4) is 0 Å². The molecule has 0 aliphatic carbocycles. The van der Waals surface area contributed by atoms with Gasteiger partial charge in [-0.3, -0.25) is 0 Å². The highest BCUT2D eigenvalue weighted by Gasteiger charge is 2.46. The number of thioether (sulfide) groups is 1. The molecule has 3 unspecified atom stereocenters. The lowest BCUT2D eigenvalue weighted by Gasteiger charge is -2.44. The minimum absolute atomic E-state index is 0.0242. The molecule has 2 fully saturated rings. The summed E-state index contributed by atoms with van der Waals surface area (Å²) >= 11 is 1.99. The average Bonchev–Trinajstić information content (AvgIpc) is 2.85. The quantitative estimate of drug-likeness (QED) is 0.901. The fourth-order valence-electron chi connectivity index (χ4n) is 3.87. The van der Waals surface area contributed by atoms with Crippen LogP contribution in [-0.4, -0.2) is 28.8 Å². The molecule has 3 rings (SSSR count). The monoisotopic (exact) mass is 306 g/mol. The highest BCUT2D eigenvalue weighted by molar-refractivity contribution is 7.99. The Hall–Kier alpha value is -0.510. The minimum atomic E-state index is -0.763. The van der Waals surface area contributed by atoms with Gasteiger partial charge in [0.1, 0.15) is 0 Å². The Morgan fingerprint density at radius 3 is 2.62 bits per heavy atom. The van der Waals surface area contributed by atoms with Crippen LogP contribution in [0.25, 0.3) is 0 Å². The summed E-state index contributed by atoms with van der Waals surface area (Å²) in [5, 5.41) is 11.2. The molecule has 3 heteroatoms. The molecule has 3 atom stereocenters. The van der Waals surface area contributed by atoms with Gasteiger partial charge in [0.15, 0.2) is 0 Å². The molecule has 2 heterocycles. The van der Waals surface area contributed by atoms with Gasteiger partial charge in [-0.2, -0.15) is 11.8 Å². The normalized spacial score (nSPS) is 32.3. The summed E-state index contributed by atoms with van der Waals surface area (Å²) in [6.45, 7) is 6.98. The maximum Gasteiger partial charge on any atom is 0.0898 e. The van der Waals surface area contributed by atoms with Gasteiger partial charge in [0.25, 0.3) is 0 Å². The molecular formula is C18H26O2S. The van der Waals surface area contributed by atoms with Crippen molar-refractivity contribution < 1.29 is 9.84 Å². The van der Waals surface area contributed by atoms with Crippen LogP contribution < -0.4 is 0 Å². The molecule has 2 saturated heterocycles. The Morgan fingerprint density at radius 1 is 1.29 bits per heavy atom. The van der Waals surface area contributed by atoms with Crippen LogP contribution in [0.2, 0.25) is 0 Å². The molecule has 21 heavy (non-hydrogen) atoms. The molecule has 0 amide bonds. The van der Waals surface area contributed by atoms with Crippen molar-refractivity contribution in [3.05, 3.63) is 34.9 Å². The highest BCUT2D eigenvalue weighted by atomic mass is 32.2. The average molecular weight is 306 g/mol. The van der Waals surface area contributed by atoms with Crippen LogP contribution in [0.5, 0.6) is 0 Å². The molecule has 1 N–H and O–H groups in total. The molecule has 0 radical (unpaired) electrons. The third kappa shape index (κ3) is 3.01. The molecule has 0 bridgehead atoms. The van der Waals surface area contributed by atoms with Crippen LogP contribution in [0.1, 0.15) is 42.9 Å². The summed E-state index contributed by atoms with van der Waals surface area (Å²) in [7, 11) is 0. The summed E-state index contributed by atoms with van der Waals surface area (Å²) in [6.07, 6.45) is 3.07. The van der Waals surface area contributed by atoms with Crippen molar-refractivity contribution in [1.82, 2.24) is 0 Å². The first-order valence-corrected chi connectivity index (χ1v) is 9.10. The lowest BCUT2D eigenvalue weighted by Crippen LogP contribution is -2.46. The first-order chi connectivity index (χ1) is 9.91. The van der Waals surface area contributed by atoms with Crippen LogP contribution in [0.15, 0.2) is 18.2 Å². The van der Waals surface area contributed by atoms with Crippen molar-refractivity contribution >= 4 is 11.8 Å². The van der Waals surface area contributed by atoms with Gasteiger partial charge in [-0.25, -0.2) is 0 Å². The number of hydrogen-bond donors (Lipinski definition) is 1. The van der Waals surface area contributed by atoms with Crippen molar-refractivity contribution in [2.75, 3.05) is 18.1 Å². The van der Waals surface area contributed by atoms with E-state index in [2.05, 4.69) is 32.0 Å². The minimum Gasteiger partial charge on any atom is -0.385 e. The molecule has 1 aromatic carbocycles. The first kappa shape index (κ1) is 15.4. The highest BCUT2D eigenvalue weighted by Crippen LogP contribution is 2.46. The van der Waals surface area contributed by atoms with E-state index in [1.54, 1.807) is 0 Å². The van der Waals surface area contributed by atoms with Crippen LogP contribution in [0, 0.1) is 19.8 Å². The second kappa shape index (κ2) is 5.60. The Bertz CT molecular complexity index is 498. The van der Waals surface area contributed by atoms with E-state index < -0.39 is 5.60 Å². The molecule has 0 aromatic heterocycles. The molecule has 1 aromatic rings. The summed E-state index contributed by atoms with van der Waals surface area (Å²) in [5.74, 6) is 2.57.